The molecule has 0 aromatic rings. The van der Waals surface area contributed by atoms with E-state index in [1.807, 2.05) is 0 Å². The van der Waals surface area contributed by atoms with Crippen molar-refractivity contribution in [1.82, 2.24) is 5.32 Å². The predicted molar refractivity (Wildman–Crippen MR) is 68.1 cm³/mol. The second-order valence-electron chi connectivity index (χ2n) is 5.63. The summed E-state index contributed by atoms with van der Waals surface area (Å²) in [7, 11) is 0. The van der Waals surface area contributed by atoms with Crippen molar-refractivity contribution in [1.29, 1.82) is 0 Å². The van der Waals surface area contributed by atoms with Crippen LogP contribution in [0.5, 0.6) is 0 Å². The lowest BCUT2D eigenvalue weighted by Gasteiger charge is -2.23. The minimum absolute atomic E-state index is 0.645. The summed E-state index contributed by atoms with van der Waals surface area (Å²) in [6, 6.07) is 0.645. The van der Waals surface area contributed by atoms with E-state index in [1.54, 1.807) is 0 Å². The first-order chi connectivity index (χ1) is 7.20. The van der Waals surface area contributed by atoms with Crippen molar-refractivity contribution < 1.29 is 0 Å². The zero-order valence-electron chi connectivity index (χ0n) is 10.9. The molecule has 1 heteroatoms. The molecule has 0 amide bonds. The van der Waals surface area contributed by atoms with Gasteiger partial charge < -0.3 is 5.32 Å². The molecule has 1 aliphatic carbocycles. The molecule has 1 aliphatic rings. The summed E-state index contributed by atoms with van der Waals surface area (Å²) in [4.78, 5) is 0. The summed E-state index contributed by atoms with van der Waals surface area (Å²) in [6.07, 6.45) is 10.3. The van der Waals surface area contributed by atoms with Crippen LogP contribution in [0.25, 0.3) is 0 Å². The largest absolute Gasteiger partial charge is 0.315 e. The van der Waals surface area contributed by atoms with Gasteiger partial charge in [0.2, 0.25) is 0 Å². The standard InChI is InChI=1S/C14H29N/c1-12(2)15-11-10-13(3)14-8-6-4-5-7-9-14/h12-15H,4-11H2,1-3H3. The molecule has 1 nitrogen and oxygen atoms in total. The van der Waals surface area contributed by atoms with Gasteiger partial charge in [-0.15, -0.1) is 0 Å². The van der Waals surface area contributed by atoms with Crippen molar-refractivity contribution in [2.75, 3.05) is 6.54 Å². The van der Waals surface area contributed by atoms with Crippen LogP contribution in [0.3, 0.4) is 0 Å². The fourth-order valence-corrected chi connectivity index (χ4v) is 2.72. The summed E-state index contributed by atoms with van der Waals surface area (Å²) in [6.45, 7) is 8.12. The zero-order chi connectivity index (χ0) is 11.1. The fourth-order valence-electron chi connectivity index (χ4n) is 2.72. The monoisotopic (exact) mass is 211 g/mol. The second-order valence-corrected chi connectivity index (χ2v) is 5.63. The predicted octanol–water partition coefficient (Wildman–Crippen LogP) is 3.98. The molecule has 0 heterocycles. The van der Waals surface area contributed by atoms with E-state index in [-0.39, 0.29) is 0 Å². The molecule has 1 saturated carbocycles. The normalized spacial score (nSPS) is 21.6. The lowest BCUT2D eigenvalue weighted by molar-refractivity contribution is 0.297. The van der Waals surface area contributed by atoms with Gasteiger partial charge in [0.1, 0.15) is 0 Å². The molecule has 0 aliphatic heterocycles. The van der Waals surface area contributed by atoms with E-state index in [0.29, 0.717) is 6.04 Å². The summed E-state index contributed by atoms with van der Waals surface area (Å²) in [5.74, 6) is 1.94. The topological polar surface area (TPSA) is 12.0 Å². The summed E-state index contributed by atoms with van der Waals surface area (Å²) in [5, 5.41) is 3.53. The minimum Gasteiger partial charge on any atom is -0.315 e. The molecular weight excluding hydrogens is 182 g/mol. The lowest BCUT2D eigenvalue weighted by atomic mass is 9.85. The van der Waals surface area contributed by atoms with Gasteiger partial charge in [-0.1, -0.05) is 59.3 Å². The summed E-state index contributed by atoms with van der Waals surface area (Å²) >= 11 is 0. The van der Waals surface area contributed by atoms with Gasteiger partial charge in [-0.25, -0.2) is 0 Å². The SMILES string of the molecule is CC(C)NCCC(C)C1CCCCCC1. The molecule has 0 aromatic heterocycles. The van der Waals surface area contributed by atoms with E-state index >= 15 is 0 Å². The van der Waals surface area contributed by atoms with Crippen LogP contribution in [-0.4, -0.2) is 12.6 Å². The Hall–Kier alpha value is -0.0400. The molecule has 0 aromatic carbocycles. The molecule has 1 atom stereocenters. The third-order valence-electron chi connectivity index (χ3n) is 3.86. The van der Waals surface area contributed by atoms with Gasteiger partial charge in [0.15, 0.2) is 0 Å². The molecular formula is C14H29N. The molecule has 1 fully saturated rings. The van der Waals surface area contributed by atoms with Crippen LogP contribution in [0.4, 0.5) is 0 Å². The molecule has 1 unspecified atom stereocenters. The van der Waals surface area contributed by atoms with Crippen molar-refractivity contribution in [2.24, 2.45) is 11.8 Å². The number of nitrogens with one attached hydrogen (secondary N) is 1. The average Bonchev–Trinajstić information content (AvgIpc) is 2.44. The third kappa shape index (κ3) is 5.55. The fraction of sp³-hybridized carbons (Fsp3) is 1.00. The Labute approximate surface area is 96.0 Å². The molecule has 0 radical (unpaired) electrons. The summed E-state index contributed by atoms with van der Waals surface area (Å²) < 4.78 is 0. The van der Waals surface area contributed by atoms with Gasteiger partial charge in [-0.05, 0) is 24.8 Å². The van der Waals surface area contributed by atoms with Crippen LogP contribution < -0.4 is 5.32 Å². The molecule has 1 rings (SSSR count). The van der Waals surface area contributed by atoms with Crippen LogP contribution in [0.15, 0.2) is 0 Å². The van der Waals surface area contributed by atoms with Crippen LogP contribution in [0.2, 0.25) is 0 Å². The Morgan fingerprint density at radius 2 is 1.60 bits per heavy atom. The van der Waals surface area contributed by atoms with Crippen LogP contribution >= 0.6 is 0 Å². The van der Waals surface area contributed by atoms with Crippen molar-refractivity contribution in [3.63, 3.8) is 0 Å². The van der Waals surface area contributed by atoms with Gasteiger partial charge in [-0.2, -0.15) is 0 Å². The Morgan fingerprint density at radius 3 is 2.13 bits per heavy atom. The van der Waals surface area contributed by atoms with E-state index in [0.717, 1.165) is 11.8 Å². The highest BCUT2D eigenvalue weighted by atomic mass is 14.9. The van der Waals surface area contributed by atoms with Crippen molar-refractivity contribution in [2.45, 2.75) is 71.8 Å². The molecule has 90 valence electrons. The number of rotatable bonds is 5. The number of hydrogen-bond acceptors (Lipinski definition) is 1. The first-order valence-electron chi connectivity index (χ1n) is 6.93. The quantitative estimate of drug-likeness (QED) is 0.678. The molecule has 15 heavy (non-hydrogen) atoms. The van der Waals surface area contributed by atoms with Crippen LogP contribution in [0, 0.1) is 11.8 Å². The van der Waals surface area contributed by atoms with Crippen LogP contribution in [0.1, 0.15) is 65.7 Å². The molecule has 0 bridgehead atoms. The Morgan fingerprint density at radius 1 is 1.00 bits per heavy atom. The molecule has 1 N–H and O–H groups in total. The van der Waals surface area contributed by atoms with Crippen molar-refractivity contribution in [3.8, 4) is 0 Å². The van der Waals surface area contributed by atoms with Gasteiger partial charge in [0.25, 0.3) is 0 Å². The van der Waals surface area contributed by atoms with Crippen LogP contribution in [-0.2, 0) is 0 Å². The van der Waals surface area contributed by atoms with E-state index in [9.17, 15) is 0 Å². The van der Waals surface area contributed by atoms with E-state index in [2.05, 4.69) is 26.1 Å². The lowest BCUT2D eigenvalue weighted by Crippen LogP contribution is -2.26. The molecule has 0 saturated heterocycles. The Bertz CT molecular complexity index is 145. The van der Waals surface area contributed by atoms with E-state index < -0.39 is 0 Å². The highest BCUT2D eigenvalue weighted by molar-refractivity contribution is 4.71. The third-order valence-corrected chi connectivity index (χ3v) is 3.86. The maximum absolute atomic E-state index is 3.53. The zero-order valence-corrected chi connectivity index (χ0v) is 10.9. The number of hydrogen-bond donors (Lipinski definition) is 1. The highest BCUT2D eigenvalue weighted by Crippen LogP contribution is 2.30. The van der Waals surface area contributed by atoms with Crippen molar-refractivity contribution >= 4 is 0 Å². The van der Waals surface area contributed by atoms with Gasteiger partial charge in [-0.3, -0.25) is 0 Å². The Kier molecular flexibility index (Phi) is 6.31. The first-order valence-corrected chi connectivity index (χ1v) is 6.93. The maximum atomic E-state index is 3.53. The minimum atomic E-state index is 0.645. The van der Waals surface area contributed by atoms with Crippen molar-refractivity contribution in [3.05, 3.63) is 0 Å². The van der Waals surface area contributed by atoms with E-state index in [1.165, 1.54) is 51.5 Å². The molecule has 0 spiro atoms. The maximum Gasteiger partial charge on any atom is 0.00103 e. The first kappa shape index (κ1) is 13.0. The highest BCUT2D eigenvalue weighted by Gasteiger charge is 2.18. The van der Waals surface area contributed by atoms with Gasteiger partial charge in [0, 0.05) is 6.04 Å². The van der Waals surface area contributed by atoms with E-state index in [4.69, 9.17) is 0 Å². The Balaban J connectivity index is 2.16. The average molecular weight is 211 g/mol. The van der Waals surface area contributed by atoms with Gasteiger partial charge in [0.05, 0.1) is 0 Å². The summed E-state index contributed by atoms with van der Waals surface area (Å²) in [5.41, 5.74) is 0. The smallest absolute Gasteiger partial charge is 0.00103 e. The second kappa shape index (κ2) is 7.27. The van der Waals surface area contributed by atoms with Gasteiger partial charge >= 0.3 is 0 Å².